The van der Waals surface area contributed by atoms with Crippen molar-refractivity contribution in [1.82, 2.24) is 21.3 Å². The number of rotatable bonds is 13. The van der Waals surface area contributed by atoms with Gasteiger partial charge < -0.3 is 21.3 Å². The lowest BCUT2D eigenvalue weighted by molar-refractivity contribution is -0.122. The van der Waals surface area contributed by atoms with E-state index in [1.54, 1.807) is 25.1 Å². The van der Waals surface area contributed by atoms with Gasteiger partial charge in [-0.05, 0) is 61.6 Å². The smallest absolute Gasteiger partial charge is 0.251 e. The summed E-state index contributed by atoms with van der Waals surface area (Å²) in [4.78, 5) is 37.6. The molecule has 0 aromatic heterocycles. The van der Waals surface area contributed by atoms with Crippen LogP contribution in [0.4, 0.5) is 8.78 Å². The highest BCUT2D eigenvalue weighted by atomic mass is 19.1. The van der Waals surface area contributed by atoms with Crippen molar-refractivity contribution in [2.45, 2.75) is 52.6 Å². The second-order valence-corrected chi connectivity index (χ2v) is 9.26. The van der Waals surface area contributed by atoms with Gasteiger partial charge in [0.15, 0.2) is 0 Å². The molecule has 3 amide bonds. The fourth-order valence-corrected chi connectivity index (χ4v) is 3.47. The van der Waals surface area contributed by atoms with Gasteiger partial charge in [0.25, 0.3) is 11.8 Å². The van der Waals surface area contributed by atoms with Gasteiger partial charge in [0.05, 0.1) is 6.04 Å². The van der Waals surface area contributed by atoms with Crippen molar-refractivity contribution in [2.24, 2.45) is 5.92 Å². The third-order valence-electron chi connectivity index (χ3n) is 5.41. The zero-order valence-electron chi connectivity index (χ0n) is 21.3. The van der Waals surface area contributed by atoms with Crippen LogP contribution in [0.25, 0.3) is 0 Å². The molecule has 0 aliphatic rings. The Morgan fingerprint density at radius 1 is 0.861 bits per heavy atom. The van der Waals surface area contributed by atoms with E-state index < -0.39 is 29.6 Å². The van der Waals surface area contributed by atoms with Gasteiger partial charge in [-0.15, -0.1) is 0 Å². The van der Waals surface area contributed by atoms with Gasteiger partial charge in [-0.1, -0.05) is 26.8 Å². The van der Waals surface area contributed by atoms with Crippen molar-refractivity contribution in [3.63, 3.8) is 0 Å². The second-order valence-electron chi connectivity index (χ2n) is 9.26. The van der Waals surface area contributed by atoms with Gasteiger partial charge in [-0.3, -0.25) is 14.4 Å². The summed E-state index contributed by atoms with van der Waals surface area (Å²) in [7, 11) is 0. The van der Waals surface area contributed by atoms with Gasteiger partial charge in [-0.25, -0.2) is 8.78 Å². The molecule has 2 aromatic rings. The molecule has 2 rings (SSSR count). The summed E-state index contributed by atoms with van der Waals surface area (Å²) in [5.74, 6) is -2.03. The number of halogens is 2. The average Bonchev–Trinajstić information content (AvgIpc) is 2.83. The summed E-state index contributed by atoms with van der Waals surface area (Å²) < 4.78 is 27.5. The van der Waals surface area contributed by atoms with Crippen molar-refractivity contribution < 1.29 is 23.2 Å². The highest BCUT2D eigenvalue weighted by molar-refractivity contribution is 5.99. The molecule has 0 radical (unpaired) electrons. The molecular formula is C27H36F2N4O3. The predicted octanol–water partition coefficient (Wildman–Crippen LogP) is 3.20. The Morgan fingerprint density at radius 3 is 2.11 bits per heavy atom. The lowest BCUT2D eigenvalue weighted by Crippen LogP contribution is -2.50. The molecule has 0 unspecified atom stereocenters. The van der Waals surface area contributed by atoms with Crippen LogP contribution in [0.2, 0.25) is 0 Å². The summed E-state index contributed by atoms with van der Waals surface area (Å²) >= 11 is 0. The second kappa shape index (κ2) is 14.3. The van der Waals surface area contributed by atoms with Crippen LogP contribution in [0, 0.1) is 17.6 Å². The first-order valence-corrected chi connectivity index (χ1v) is 12.2. The fourth-order valence-electron chi connectivity index (χ4n) is 3.47. The van der Waals surface area contributed by atoms with E-state index >= 15 is 0 Å². The molecule has 4 N–H and O–H groups in total. The quantitative estimate of drug-likeness (QED) is 0.338. The van der Waals surface area contributed by atoms with Crippen molar-refractivity contribution in [3.8, 4) is 0 Å². The maximum Gasteiger partial charge on any atom is 0.251 e. The van der Waals surface area contributed by atoms with Crippen molar-refractivity contribution in [2.75, 3.05) is 19.6 Å². The summed E-state index contributed by atoms with van der Waals surface area (Å²) in [5, 5.41) is 11.6. The summed E-state index contributed by atoms with van der Waals surface area (Å²) in [6, 6.07) is 8.38. The van der Waals surface area contributed by atoms with Gasteiger partial charge in [-0.2, -0.15) is 0 Å². The van der Waals surface area contributed by atoms with Crippen LogP contribution in [-0.4, -0.2) is 49.4 Å². The Hall–Kier alpha value is -3.33. The zero-order chi connectivity index (χ0) is 26.7. The van der Waals surface area contributed by atoms with Gasteiger partial charge in [0.2, 0.25) is 5.91 Å². The lowest BCUT2D eigenvalue weighted by atomic mass is 10.0. The Bertz CT molecular complexity index is 1030. The van der Waals surface area contributed by atoms with Crippen LogP contribution >= 0.6 is 0 Å². The molecule has 0 aliphatic heterocycles. The molecule has 0 fully saturated rings. The first-order valence-electron chi connectivity index (χ1n) is 12.2. The molecule has 36 heavy (non-hydrogen) atoms. The van der Waals surface area contributed by atoms with Crippen LogP contribution in [0.5, 0.6) is 0 Å². The molecular weight excluding hydrogens is 466 g/mol. The largest absolute Gasteiger partial charge is 0.354 e. The Labute approximate surface area is 211 Å². The minimum absolute atomic E-state index is 0.129. The number of carbonyl (C=O) groups is 3. The van der Waals surface area contributed by atoms with Gasteiger partial charge in [0.1, 0.15) is 11.6 Å². The normalized spacial score (nSPS) is 12.6. The maximum atomic E-state index is 13.8. The molecule has 2 aromatic carbocycles. The van der Waals surface area contributed by atoms with Crippen LogP contribution in [0.1, 0.15) is 60.4 Å². The first-order chi connectivity index (χ1) is 17.1. The van der Waals surface area contributed by atoms with E-state index in [2.05, 4.69) is 21.3 Å². The van der Waals surface area contributed by atoms with E-state index in [9.17, 15) is 23.2 Å². The maximum absolute atomic E-state index is 13.8. The van der Waals surface area contributed by atoms with Crippen LogP contribution in [0.15, 0.2) is 42.5 Å². The van der Waals surface area contributed by atoms with Crippen LogP contribution < -0.4 is 21.3 Å². The Balaban J connectivity index is 2.14. The highest BCUT2D eigenvalue weighted by Crippen LogP contribution is 2.12. The zero-order valence-corrected chi connectivity index (χ0v) is 21.3. The Kier molecular flexibility index (Phi) is 11.5. The number of nitrogens with one attached hydrogen (secondary N) is 4. The van der Waals surface area contributed by atoms with E-state index in [0.29, 0.717) is 30.1 Å². The monoisotopic (exact) mass is 502 g/mol. The number of amides is 3. The molecule has 9 heteroatoms. The van der Waals surface area contributed by atoms with E-state index in [0.717, 1.165) is 12.5 Å². The predicted molar refractivity (Wildman–Crippen MR) is 136 cm³/mol. The first kappa shape index (κ1) is 28.9. The molecule has 7 nitrogen and oxygen atoms in total. The number of carbonyl (C=O) groups excluding carboxylic acids is 3. The van der Waals surface area contributed by atoms with E-state index in [1.807, 2.05) is 20.8 Å². The van der Waals surface area contributed by atoms with Crippen LogP contribution in [-0.2, 0) is 11.2 Å². The molecule has 0 bridgehead atoms. The fraction of sp³-hybridized carbons (Fsp3) is 0.444. The lowest BCUT2D eigenvalue weighted by Gasteiger charge is -2.22. The summed E-state index contributed by atoms with van der Waals surface area (Å²) in [6.45, 7) is 8.87. The molecule has 0 saturated carbocycles. The summed E-state index contributed by atoms with van der Waals surface area (Å²) in [5.41, 5.74) is 0.995. The standard InChI is InChI=1S/C27H36F2N4O3/c1-5-9-30-26(35)20-7-6-8-21(13-20)27(36)33-24(12-19-10-22(28)14-23(29)11-19)16-31-18(4)25(34)32-15-17(2)3/h6-8,10-11,13-14,17-18,24,31H,5,9,12,15-16H2,1-4H3,(H,30,35)(H,32,34)(H,33,36)/t18-,24-/m0/s1. The molecule has 2 atom stereocenters. The molecule has 0 aliphatic carbocycles. The van der Waals surface area contributed by atoms with Gasteiger partial charge >= 0.3 is 0 Å². The number of hydrogen-bond donors (Lipinski definition) is 4. The molecule has 0 heterocycles. The topological polar surface area (TPSA) is 99.3 Å². The van der Waals surface area contributed by atoms with Crippen molar-refractivity contribution in [1.29, 1.82) is 0 Å². The molecule has 0 saturated heterocycles. The van der Waals surface area contributed by atoms with Crippen molar-refractivity contribution in [3.05, 3.63) is 70.8 Å². The van der Waals surface area contributed by atoms with E-state index in [-0.39, 0.29) is 30.3 Å². The van der Waals surface area contributed by atoms with E-state index in [4.69, 9.17) is 0 Å². The molecule has 196 valence electrons. The van der Waals surface area contributed by atoms with Crippen LogP contribution in [0.3, 0.4) is 0 Å². The highest BCUT2D eigenvalue weighted by Gasteiger charge is 2.20. The van der Waals surface area contributed by atoms with Gasteiger partial charge in [0, 0.05) is 42.9 Å². The minimum atomic E-state index is -0.713. The number of benzene rings is 2. The minimum Gasteiger partial charge on any atom is -0.354 e. The average molecular weight is 503 g/mol. The third kappa shape index (κ3) is 9.73. The van der Waals surface area contributed by atoms with E-state index in [1.165, 1.54) is 18.2 Å². The molecule has 0 spiro atoms. The summed E-state index contributed by atoms with van der Waals surface area (Å²) in [6.07, 6.45) is 0.916. The SMILES string of the molecule is CCCNC(=O)c1cccc(C(=O)N[C@H](CN[C@@H](C)C(=O)NCC(C)C)Cc2cc(F)cc(F)c2)c1. The van der Waals surface area contributed by atoms with Crippen molar-refractivity contribution >= 4 is 17.7 Å². The Morgan fingerprint density at radius 2 is 1.50 bits per heavy atom. The third-order valence-corrected chi connectivity index (χ3v) is 5.41. The number of hydrogen-bond acceptors (Lipinski definition) is 4.